The van der Waals surface area contributed by atoms with Crippen LogP contribution in [0.4, 0.5) is 4.79 Å². The van der Waals surface area contributed by atoms with Crippen molar-refractivity contribution >= 4 is 26.7 Å². The second kappa shape index (κ2) is 9.11. The Morgan fingerprint density at radius 3 is 2.48 bits per heavy atom. The van der Waals surface area contributed by atoms with E-state index < -0.39 is 36.6 Å². The molecule has 2 radical (unpaired) electrons. The van der Waals surface area contributed by atoms with Crippen molar-refractivity contribution in [2.45, 2.75) is 32.1 Å². The van der Waals surface area contributed by atoms with Crippen molar-refractivity contribution in [2.75, 3.05) is 6.54 Å². The van der Waals surface area contributed by atoms with Gasteiger partial charge in [-0.3, -0.25) is 4.79 Å². The highest BCUT2D eigenvalue weighted by Crippen LogP contribution is 2.19. The van der Waals surface area contributed by atoms with E-state index in [0.29, 0.717) is 30.5 Å². The molecule has 0 spiro atoms. The molecule has 1 amide bonds. The highest BCUT2D eigenvalue weighted by atomic mass is 16.7. The monoisotopic (exact) mass is 323 g/mol. The third-order valence-corrected chi connectivity index (χ3v) is 2.92. The van der Waals surface area contributed by atoms with E-state index in [1.165, 1.54) is 6.82 Å². The molecule has 124 valence electrons. The first-order valence-corrected chi connectivity index (χ1v) is 7.10. The fourth-order valence-electron chi connectivity index (χ4n) is 1.89. The van der Waals surface area contributed by atoms with Gasteiger partial charge in [-0.05, 0) is 26.1 Å². The molecule has 0 aliphatic heterocycles. The van der Waals surface area contributed by atoms with Gasteiger partial charge in [0.1, 0.15) is 6.04 Å². The van der Waals surface area contributed by atoms with E-state index >= 15 is 0 Å². The standard InChI is InChI=1S/C12H19B2N3O6/c1-14(22)16-8(4-2-3-7-15-12(13)21)11(20)23-17-9(18)5-6-10(17)19/h5-6,8,16,18-19,22H,2-4,7H2,1H3,(H,15,21)/t8-/m0/s1. The van der Waals surface area contributed by atoms with Gasteiger partial charge >= 0.3 is 13.0 Å². The lowest BCUT2D eigenvalue weighted by Crippen LogP contribution is -2.47. The number of nitrogens with one attached hydrogen (secondary N) is 2. The highest BCUT2D eigenvalue weighted by Gasteiger charge is 2.24. The minimum atomic E-state index is -0.955. The predicted octanol–water partition coefficient (Wildman–Crippen LogP) is -1.03. The summed E-state index contributed by atoms with van der Waals surface area (Å²) in [5.41, 5.74) is 0. The Hall–Kier alpha value is -2.13. The Bertz CT molecular complexity index is 517. The average molecular weight is 323 g/mol. The molecule has 0 bridgehead atoms. The Kier molecular flexibility index (Phi) is 7.49. The van der Waals surface area contributed by atoms with Crippen molar-refractivity contribution in [3.8, 4) is 11.8 Å². The molecular weight excluding hydrogens is 304 g/mol. The summed E-state index contributed by atoms with van der Waals surface area (Å²) in [5, 5.41) is 33.3. The van der Waals surface area contributed by atoms with Crippen molar-refractivity contribution < 1.29 is 29.7 Å². The molecule has 0 fully saturated rings. The van der Waals surface area contributed by atoms with Crippen molar-refractivity contribution in [2.24, 2.45) is 0 Å². The quantitative estimate of drug-likeness (QED) is 0.290. The number of unbranched alkanes of at least 4 members (excludes halogenated alkanes) is 1. The number of hydrogen-bond donors (Lipinski definition) is 5. The lowest BCUT2D eigenvalue weighted by atomic mass is 9.86. The van der Waals surface area contributed by atoms with Gasteiger partial charge in [0.15, 0.2) is 13.7 Å². The third-order valence-electron chi connectivity index (χ3n) is 2.92. The summed E-state index contributed by atoms with van der Waals surface area (Å²) in [4.78, 5) is 27.5. The number of aromatic hydroxyl groups is 2. The fourth-order valence-corrected chi connectivity index (χ4v) is 1.89. The topological polar surface area (TPSA) is 133 Å². The van der Waals surface area contributed by atoms with Gasteiger partial charge < -0.3 is 30.6 Å². The molecular formula is C12H19B2N3O6. The van der Waals surface area contributed by atoms with Crippen LogP contribution >= 0.6 is 0 Å². The SMILES string of the molecule is [B]C(=O)NCCCC[C@H](NB(C)O)C(=O)On1c(O)ccc1O. The van der Waals surface area contributed by atoms with Crippen molar-refractivity contribution in [3.05, 3.63) is 12.1 Å². The van der Waals surface area contributed by atoms with Crippen LogP contribution in [0.2, 0.25) is 6.82 Å². The first-order chi connectivity index (χ1) is 10.8. The molecule has 0 aliphatic rings. The molecule has 1 rings (SSSR count). The summed E-state index contributed by atoms with van der Waals surface area (Å²) in [7, 11) is 3.98. The number of nitrogens with zero attached hydrogens (tertiary/aromatic N) is 1. The van der Waals surface area contributed by atoms with Crippen LogP contribution in [0.3, 0.4) is 0 Å². The summed E-state index contributed by atoms with van der Waals surface area (Å²) >= 11 is 0. The van der Waals surface area contributed by atoms with Gasteiger partial charge in [0.05, 0.1) is 0 Å². The predicted molar refractivity (Wildman–Crippen MR) is 83.1 cm³/mol. The number of carbonyl (C=O) groups is 2. The maximum atomic E-state index is 12.1. The Labute approximate surface area is 135 Å². The molecule has 0 unspecified atom stereocenters. The molecule has 0 saturated carbocycles. The van der Waals surface area contributed by atoms with Gasteiger partial charge in [0.25, 0.3) is 0 Å². The molecule has 0 aliphatic carbocycles. The minimum absolute atomic E-state index is 0.312. The van der Waals surface area contributed by atoms with Gasteiger partial charge in [-0.25, -0.2) is 4.79 Å². The first-order valence-electron chi connectivity index (χ1n) is 7.10. The van der Waals surface area contributed by atoms with Crippen LogP contribution in [0, 0.1) is 0 Å². The van der Waals surface area contributed by atoms with Gasteiger partial charge in [0.2, 0.25) is 11.8 Å². The number of amides is 1. The van der Waals surface area contributed by atoms with Gasteiger partial charge in [-0.1, -0.05) is 0 Å². The Morgan fingerprint density at radius 1 is 1.35 bits per heavy atom. The second-order valence-electron chi connectivity index (χ2n) is 4.94. The first kappa shape index (κ1) is 18.9. The zero-order valence-corrected chi connectivity index (χ0v) is 12.7. The highest BCUT2D eigenvalue weighted by molar-refractivity contribution is 6.57. The zero-order valence-electron chi connectivity index (χ0n) is 12.7. The lowest BCUT2D eigenvalue weighted by Gasteiger charge is -2.18. The molecule has 0 aromatic carbocycles. The third kappa shape index (κ3) is 6.66. The van der Waals surface area contributed by atoms with E-state index in [9.17, 15) is 24.8 Å². The second-order valence-corrected chi connectivity index (χ2v) is 4.94. The summed E-state index contributed by atoms with van der Waals surface area (Å²) in [6.45, 7) is 1.81. The molecule has 23 heavy (non-hydrogen) atoms. The molecule has 11 heteroatoms. The van der Waals surface area contributed by atoms with Crippen LogP contribution in [0.15, 0.2) is 12.1 Å². The summed E-state index contributed by atoms with van der Waals surface area (Å²) < 4.78 is 0.577. The van der Waals surface area contributed by atoms with E-state index in [2.05, 4.69) is 10.5 Å². The summed E-state index contributed by atoms with van der Waals surface area (Å²) in [6, 6.07) is 1.47. The maximum Gasteiger partial charge on any atom is 0.374 e. The average Bonchev–Trinajstić information content (AvgIpc) is 2.76. The van der Waals surface area contributed by atoms with E-state index in [0.717, 1.165) is 12.1 Å². The Balaban J connectivity index is 2.55. The zero-order chi connectivity index (χ0) is 17.4. The number of carbonyl (C=O) groups excluding carboxylic acids is 2. The molecule has 1 atom stereocenters. The van der Waals surface area contributed by atoms with E-state index in [-0.39, 0.29) is 0 Å². The van der Waals surface area contributed by atoms with E-state index in [1.807, 2.05) is 0 Å². The molecule has 1 heterocycles. The van der Waals surface area contributed by atoms with Crippen LogP contribution in [-0.4, -0.2) is 59.2 Å². The maximum absolute atomic E-state index is 12.1. The smallest absolute Gasteiger partial charge is 0.374 e. The van der Waals surface area contributed by atoms with Crippen LogP contribution in [0.5, 0.6) is 11.8 Å². The van der Waals surface area contributed by atoms with Crippen molar-refractivity contribution in [1.29, 1.82) is 0 Å². The van der Waals surface area contributed by atoms with Crippen molar-refractivity contribution in [1.82, 2.24) is 15.3 Å². The van der Waals surface area contributed by atoms with Crippen molar-refractivity contribution in [3.63, 3.8) is 0 Å². The fraction of sp³-hybridized carbons (Fsp3) is 0.500. The molecule has 5 N–H and O–H groups in total. The van der Waals surface area contributed by atoms with Crippen LogP contribution in [0.25, 0.3) is 0 Å². The number of aromatic nitrogens is 1. The normalized spacial score (nSPS) is 11.7. The summed E-state index contributed by atoms with van der Waals surface area (Å²) in [5.74, 6) is -2.27. The van der Waals surface area contributed by atoms with Crippen LogP contribution in [-0.2, 0) is 4.79 Å². The molecule has 1 aromatic rings. The lowest BCUT2D eigenvalue weighted by molar-refractivity contribution is -0.147. The van der Waals surface area contributed by atoms with Crippen LogP contribution in [0.1, 0.15) is 19.3 Å². The molecule has 0 saturated heterocycles. The van der Waals surface area contributed by atoms with Gasteiger partial charge in [-0.2, -0.15) is 0 Å². The molecule has 1 aromatic heterocycles. The number of rotatable bonds is 9. The van der Waals surface area contributed by atoms with Crippen LogP contribution < -0.4 is 15.4 Å². The van der Waals surface area contributed by atoms with E-state index in [1.54, 1.807) is 0 Å². The Morgan fingerprint density at radius 2 is 1.96 bits per heavy atom. The number of hydrogen-bond acceptors (Lipinski definition) is 7. The molecule has 9 nitrogen and oxygen atoms in total. The minimum Gasteiger partial charge on any atom is -0.492 e. The van der Waals surface area contributed by atoms with Gasteiger partial charge in [-0.15, -0.1) is 4.73 Å². The summed E-state index contributed by atoms with van der Waals surface area (Å²) in [6.07, 6.45) is 1.44. The largest absolute Gasteiger partial charge is 0.492 e. The van der Waals surface area contributed by atoms with E-state index in [4.69, 9.17) is 12.7 Å². The van der Waals surface area contributed by atoms with Gasteiger partial charge in [0, 0.05) is 18.7 Å².